The van der Waals surface area contributed by atoms with Crippen molar-refractivity contribution in [2.75, 3.05) is 18.9 Å². The fourth-order valence-corrected chi connectivity index (χ4v) is 4.42. The lowest BCUT2D eigenvalue weighted by Gasteiger charge is -2.12. The lowest BCUT2D eigenvalue weighted by Crippen LogP contribution is -2.21. The largest absolute Gasteiger partial charge is 0.480 e. The molecule has 10 nitrogen and oxygen atoms in total. The summed E-state index contributed by atoms with van der Waals surface area (Å²) >= 11 is 0. The van der Waals surface area contributed by atoms with E-state index in [4.69, 9.17) is 10.5 Å². The molecule has 4 N–H and O–H groups in total. The van der Waals surface area contributed by atoms with Crippen LogP contribution in [0, 0.1) is 0 Å². The number of anilines is 1. The molecule has 4 heterocycles. The van der Waals surface area contributed by atoms with Gasteiger partial charge in [0.15, 0.2) is 17.0 Å². The maximum Gasteiger partial charge on any atom is 0.320 e. The Balaban J connectivity index is 1.33. The van der Waals surface area contributed by atoms with Gasteiger partial charge in [-0.2, -0.15) is 20.1 Å². The van der Waals surface area contributed by atoms with Crippen LogP contribution in [0.5, 0.6) is 12.0 Å². The van der Waals surface area contributed by atoms with Crippen LogP contribution in [0.4, 0.5) is 5.82 Å². The Kier molecular flexibility index (Phi) is 5.57. The summed E-state index contributed by atoms with van der Waals surface area (Å²) in [6.45, 7) is 2.60. The summed E-state index contributed by atoms with van der Waals surface area (Å²) in [5.41, 5.74) is 11.3. The third kappa shape index (κ3) is 4.57. The normalized spacial score (nSPS) is 16.8. The number of imidazole rings is 1. The molecule has 4 bridgehead atoms. The van der Waals surface area contributed by atoms with Crippen molar-refractivity contribution in [3.8, 4) is 23.1 Å². The van der Waals surface area contributed by atoms with Crippen LogP contribution in [-0.4, -0.2) is 53.6 Å². The van der Waals surface area contributed by atoms with E-state index in [-0.39, 0.29) is 17.8 Å². The van der Waals surface area contributed by atoms with Crippen LogP contribution >= 0.6 is 0 Å². The van der Waals surface area contributed by atoms with Gasteiger partial charge in [-0.1, -0.05) is 30.4 Å². The van der Waals surface area contributed by atoms with Crippen molar-refractivity contribution in [3.63, 3.8) is 0 Å². The monoisotopic (exact) mass is 472 g/mol. The molecule has 4 aromatic rings. The number of hydrogen-bond donors (Lipinski definition) is 3. The third-order valence-electron chi connectivity index (χ3n) is 6.41. The third-order valence-corrected chi connectivity index (χ3v) is 6.41. The van der Waals surface area contributed by atoms with Gasteiger partial charge in [0.05, 0.1) is 25.9 Å². The SMILES string of the molecule is Nc1nc2nc3c1nc(O)n3Cc1ccc(-c3cnn(CCNC4CC4)c3)c(c1)C/C=C\CCO2. The second-order valence-corrected chi connectivity index (χ2v) is 9.09. The van der Waals surface area contributed by atoms with E-state index in [1.807, 2.05) is 10.9 Å². The molecule has 0 spiro atoms. The van der Waals surface area contributed by atoms with Crippen LogP contribution in [0.2, 0.25) is 0 Å². The number of aromatic hydroxyl groups is 1. The van der Waals surface area contributed by atoms with Crippen LogP contribution in [0.25, 0.3) is 22.3 Å². The van der Waals surface area contributed by atoms with Gasteiger partial charge >= 0.3 is 6.01 Å². The average Bonchev–Trinajstić information content (AvgIpc) is 3.46. The van der Waals surface area contributed by atoms with Gasteiger partial charge in [-0.3, -0.25) is 9.25 Å². The quantitative estimate of drug-likeness (QED) is 0.378. The minimum atomic E-state index is -0.156. The zero-order chi connectivity index (χ0) is 23.8. The number of ether oxygens (including phenoxy) is 1. The standard InChI is InChI=1S/C25H28N8O2/c26-22-21-23-31-24(30-22)35-11-3-1-2-4-17-12-16(14-33(23)25(34)29-21)5-8-20(17)18-13-28-32(15-18)10-9-27-19-6-7-19/h1-2,5,8,12-13,15,19,27H,3-4,6-7,9-11,14H2,(H,29,34)(H2,26,30,31)/b2-1-. The Morgan fingerprint density at radius 3 is 2.97 bits per heavy atom. The van der Waals surface area contributed by atoms with Crippen LogP contribution in [0.15, 0.2) is 42.7 Å². The van der Waals surface area contributed by atoms with Crippen LogP contribution in [0.1, 0.15) is 30.4 Å². The average molecular weight is 473 g/mol. The van der Waals surface area contributed by atoms with Crippen LogP contribution in [0.3, 0.4) is 0 Å². The number of fused-ring (bicyclic) bond motifs is 3. The Morgan fingerprint density at radius 1 is 1.17 bits per heavy atom. The molecule has 35 heavy (non-hydrogen) atoms. The Labute approximate surface area is 202 Å². The molecule has 2 aliphatic rings. The molecule has 0 unspecified atom stereocenters. The Morgan fingerprint density at radius 2 is 2.09 bits per heavy atom. The molecule has 180 valence electrons. The first-order chi connectivity index (χ1) is 17.1. The van der Waals surface area contributed by atoms with Gasteiger partial charge in [0, 0.05) is 24.3 Å². The van der Waals surface area contributed by atoms with Gasteiger partial charge in [-0.25, -0.2) is 0 Å². The molecule has 0 radical (unpaired) electrons. The molecule has 1 aromatic carbocycles. The van der Waals surface area contributed by atoms with E-state index < -0.39 is 0 Å². The maximum atomic E-state index is 10.5. The fraction of sp³-hybridized carbons (Fsp3) is 0.360. The number of allylic oxidation sites excluding steroid dienone is 1. The summed E-state index contributed by atoms with van der Waals surface area (Å²) in [6, 6.07) is 7.09. The van der Waals surface area contributed by atoms with E-state index in [0.717, 1.165) is 36.2 Å². The van der Waals surface area contributed by atoms with E-state index in [1.54, 1.807) is 4.57 Å². The van der Waals surface area contributed by atoms with E-state index in [9.17, 15) is 5.11 Å². The van der Waals surface area contributed by atoms with Crippen molar-refractivity contribution in [2.45, 2.75) is 44.8 Å². The number of nitrogens with zero attached hydrogens (tertiary/aromatic N) is 6. The molecular weight excluding hydrogens is 444 g/mol. The smallest absolute Gasteiger partial charge is 0.320 e. The maximum absolute atomic E-state index is 10.5. The summed E-state index contributed by atoms with van der Waals surface area (Å²) in [4.78, 5) is 12.8. The molecule has 1 saturated carbocycles. The molecule has 1 aliphatic heterocycles. The van der Waals surface area contributed by atoms with Crippen LogP contribution < -0.4 is 15.8 Å². The van der Waals surface area contributed by atoms with Crippen molar-refractivity contribution in [1.82, 2.24) is 34.6 Å². The first-order valence-electron chi connectivity index (χ1n) is 12.0. The fourth-order valence-electron chi connectivity index (χ4n) is 4.42. The van der Waals surface area contributed by atoms with Crippen molar-refractivity contribution in [3.05, 3.63) is 53.9 Å². The Hall–Kier alpha value is -3.92. The van der Waals surface area contributed by atoms with E-state index >= 15 is 0 Å². The predicted molar refractivity (Wildman–Crippen MR) is 132 cm³/mol. The van der Waals surface area contributed by atoms with Gasteiger partial charge in [0.1, 0.15) is 0 Å². The number of hydrogen-bond acceptors (Lipinski definition) is 8. The molecule has 0 atom stereocenters. The molecule has 0 saturated heterocycles. The number of benzene rings is 1. The summed E-state index contributed by atoms with van der Waals surface area (Å²) < 4.78 is 9.34. The lowest BCUT2D eigenvalue weighted by atomic mass is 9.97. The number of nitrogens with one attached hydrogen (secondary N) is 1. The first-order valence-corrected chi connectivity index (χ1v) is 12.0. The summed E-state index contributed by atoms with van der Waals surface area (Å²) in [5.74, 6) is 0.182. The molecule has 6 rings (SSSR count). The van der Waals surface area contributed by atoms with Gasteiger partial charge in [0.25, 0.3) is 6.01 Å². The van der Waals surface area contributed by atoms with Crippen molar-refractivity contribution < 1.29 is 9.84 Å². The molecule has 10 heteroatoms. The number of nitrogen functional groups attached to an aromatic ring is 1. The summed E-state index contributed by atoms with van der Waals surface area (Å²) in [6.07, 6.45) is 12.4. The minimum Gasteiger partial charge on any atom is -0.480 e. The lowest BCUT2D eigenvalue weighted by molar-refractivity contribution is 0.300. The van der Waals surface area contributed by atoms with Gasteiger partial charge in [-0.05, 0) is 42.4 Å². The Bertz CT molecular complexity index is 1400. The second-order valence-electron chi connectivity index (χ2n) is 9.09. The highest BCUT2D eigenvalue weighted by Gasteiger charge is 2.20. The molecule has 1 fully saturated rings. The minimum absolute atomic E-state index is 0.156. The number of rotatable bonds is 5. The molecule has 3 aromatic heterocycles. The highest BCUT2D eigenvalue weighted by atomic mass is 16.5. The van der Waals surface area contributed by atoms with Gasteiger partial charge in [0.2, 0.25) is 0 Å². The van der Waals surface area contributed by atoms with Gasteiger partial charge in [-0.15, -0.1) is 0 Å². The zero-order valence-corrected chi connectivity index (χ0v) is 19.4. The van der Waals surface area contributed by atoms with E-state index in [0.29, 0.717) is 36.8 Å². The molecule has 0 amide bonds. The second kappa shape index (κ2) is 9.03. The molecular formula is C25H28N8O2. The zero-order valence-electron chi connectivity index (χ0n) is 19.4. The summed E-state index contributed by atoms with van der Waals surface area (Å²) in [5, 5.41) is 18.6. The molecule has 1 aliphatic carbocycles. The topological polar surface area (TPSA) is 129 Å². The number of aromatic nitrogens is 6. The van der Waals surface area contributed by atoms with Crippen molar-refractivity contribution in [2.24, 2.45) is 0 Å². The van der Waals surface area contributed by atoms with Crippen LogP contribution in [-0.2, 0) is 19.5 Å². The highest BCUT2D eigenvalue weighted by Crippen LogP contribution is 2.29. The van der Waals surface area contributed by atoms with Crippen molar-refractivity contribution in [1.29, 1.82) is 0 Å². The predicted octanol–water partition coefficient (Wildman–Crippen LogP) is 2.66. The summed E-state index contributed by atoms with van der Waals surface area (Å²) in [7, 11) is 0. The van der Waals surface area contributed by atoms with Crippen molar-refractivity contribution >= 4 is 17.0 Å². The van der Waals surface area contributed by atoms with E-state index in [2.05, 4.69) is 61.9 Å². The van der Waals surface area contributed by atoms with Gasteiger partial charge < -0.3 is 20.9 Å². The van der Waals surface area contributed by atoms with E-state index in [1.165, 1.54) is 18.4 Å². The number of nitrogens with two attached hydrogens (primary N) is 1. The first kappa shape index (κ1) is 21.6. The highest BCUT2D eigenvalue weighted by molar-refractivity contribution is 5.83.